The van der Waals surface area contributed by atoms with E-state index in [0.29, 0.717) is 5.41 Å². The third-order valence-corrected chi connectivity index (χ3v) is 4.86. The maximum Gasteiger partial charge on any atom is 0.0716 e. The van der Waals surface area contributed by atoms with Crippen LogP contribution < -0.4 is 0 Å². The topological polar surface area (TPSA) is 9.23 Å². The monoisotopic (exact) mass is 298 g/mol. The first-order valence-corrected chi connectivity index (χ1v) is 7.56. The highest BCUT2D eigenvalue weighted by Gasteiger charge is 2.24. The highest BCUT2D eigenvalue weighted by Crippen LogP contribution is 2.32. The van der Waals surface area contributed by atoms with E-state index >= 15 is 0 Å². The Balaban J connectivity index is 2.28. The van der Waals surface area contributed by atoms with Crippen LogP contribution in [-0.4, -0.2) is 11.9 Å². The molecule has 1 aromatic carbocycles. The molecule has 1 nitrogen and oxygen atoms in total. The van der Waals surface area contributed by atoms with Crippen molar-refractivity contribution in [3.05, 3.63) is 35.9 Å². The second kappa shape index (κ2) is 7.88. The molecule has 0 radical (unpaired) electrons. The average Bonchev–Trinajstić information content (AvgIpc) is 2.41. The maximum atomic E-state index is 5.76. The Morgan fingerprint density at radius 2 is 1.76 bits per heavy atom. The van der Waals surface area contributed by atoms with Crippen LogP contribution in [0.3, 0.4) is 0 Å². The third kappa shape index (κ3) is 4.81. The lowest BCUT2D eigenvalue weighted by Gasteiger charge is -2.29. The fourth-order valence-corrected chi connectivity index (χ4v) is 2.99. The van der Waals surface area contributed by atoms with Gasteiger partial charge in [-0.2, -0.15) is 0 Å². The molecule has 0 N–H and O–H groups in total. The molecule has 0 saturated heterocycles. The zero-order valence-corrected chi connectivity index (χ0v) is 12.5. The number of halogens is 1. The molecule has 1 rings (SSSR count). The summed E-state index contributed by atoms with van der Waals surface area (Å²) >= 11 is 3.63. The van der Waals surface area contributed by atoms with Crippen LogP contribution in [0.15, 0.2) is 30.3 Å². The first kappa shape index (κ1) is 14.7. The standard InChI is InChI=1S/C15H23BrO/c1-3-15(4-2,13-16)10-11-17-12-14-8-6-5-7-9-14/h5-9H,3-4,10-13H2,1-2H3. The van der Waals surface area contributed by atoms with E-state index in [1.165, 1.54) is 18.4 Å². The van der Waals surface area contributed by atoms with Gasteiger partial charge in [-0.1, -0.05) is 60.1 Å². The molecule has 0 aliphatic carbocycles. The Labute approximate surface area is 114 Å². The van der Waals surface area contributed by atoms with Gasteiger partial charge in [-0.15, -0.1) is 0 Å². The van der Waals surface area contributed by atoms with E-state index < -0.39 is 0 Å². The van der Waals surface area contributed by atoms with E-state index in [1.54, 1.807) is 0 Å². The SMILES string of the molecule is CCC(CC)(CBr)CCOCc1ccccc1. The van der Waals surface area contributed by atoms with Gasteiger partial charge in [0.05, 0.1) is 6.61 Å². The maximum absolute atomic E-state index is 5.76. The van der Waals surface area contributed by atoms with Crippen molar-refractivity contribution < 1.29 is 4.74 Å². The van der Waals surface area contributed by atoms with Gasteiger partial charge >= 0.3 is 0 Å². The van der Waals surface area contributed by atoms with Crippen LogP contribution in [0.2, 0.25) is 0 Å². The predicted octanol–water partition coefficient (Wildman–Crippen LogP) is 4.79. The van der Waals surface area contributed by atoms with Gasteiger partial charge in [-0.25, -0.2) is 0 Å². The van der Waals surface area contributed by atoms with E-state index in [0.717, 1.165) is 25.0 Å². The fourth-order valence-electron chi connectivity index (χ4n) is 1.91. The summed E-state index contributed by atoms with van der Waals surface area (Å²) in [5.41, 5.74) is 1.67. The van der Waals surface area contributed by atoms with Crippen molar-refractivity contribution in [2.24, 2.45) is 5.41 Å². The van der Waals surface area contributed by atoms with E-state index in [1.807, 2.05) is 6.07 Å². The Bertz CT molecular complexity index is 285. The van der Waals surface area contributed by atoms with Crippen molar-refractivity contribution >= 4 is 15.9 Å². The molecule has 0 unspecified atom stereocenters. The Kier molecular flexibility index (Phi) is 6.83. The van der Waals surface area contributed by atoms with Gasteiger partial charge in [-0.05, 0) is 30.2 Å². The molecule has 0 aliphatic rings. The lowest BCUT2D eigenvalue weighted by molar-refractivity contribution is 0.0864. The minimum absolute atomic E-state index is 0.413. The molecule has 0 spiro atoms. The molecule has 2 heteroatoms. The van der Waals surface area contributed by atoms with Crippen LogP contribution in [0, 0.1) is 5.41 Å². The first-order chi connectivity index (χ1) is 8.26. The van der Waals surface area contributed by atoms with Crippen LogP contribution in [-0.2, 0) is 11.3 Å². The minimum Gasteiger partial charge on any atom is -0.377 e. The summed E-state index contributed by atoms with van der Waals surface area (Å²) in [6.07, 6.45) is 3.56. The molecule has 17 heavy (non-hydrogen) atoms. The van der Waals surface area contributed by atoms with Gasteiger partial charge in [0.25, 0.3) is 0 Å². The van der Waals surface area contributed by atoms with Gasteiger partial charge in [0.1, 0.15) is 0 Å². The van der Waals surface area contributed by atoms with Crippen molar-refractivity contribution in [2.45, 2.75) is 39.7 Å². The molecule has 0 heterocycles. The molecular formula is C15H23BrO. The van der Waals surface area contributed by atoms with E-state index in [4.69, 9.17) is 4.74 Å². The highest BCUT2D eigenvalue weighted by molar-refractivity contribution is 9.09. The molecule has 1 aromatic rings. The summed E-state index contributed by atoms with van der Waals surface area (Å²) < 4.78 is 5.76. The summed E-state index contributed by atoms with van der Waals surface area (Å²) in [6, 6.07) is 10.4. The number of hydrogen-bond acceptors (Lipinski definition) is 1. The second-order valence-electron chi connectivity index (χ2n) is 4.63. The zero-order chi connectivity index (χ0) is 12.6. The largest absolute Gasteiger partial charge is 0.377 e. The molecule has 96 valence electrons. The predicted molar refractivity (Wildman–Crippen MR) is 77.5 cm³/mol. The summed E-state index contributed by atoms with van der Waals surface area (Å²) in [5, 5.41) is 1.07. The smallest absolute Gasteiger partial charge is 0.0716 e. The van der Waals surface area contributed by atoms with E-state index in [2.05, 4.69) is 54.0 Å². The lowest BCUT2D eigenvalue weighted by Crippen LogP contribution is -2.22. The molecule has 0 fully saturated rings. The van der Waals surface area contributed by atoms with E-state index in [-0.39, 0.29) is 0 Å². The van der Waals surface area contributed by atoms with Crippen LogP contribution in [0.25, 0.3) is 0 Å². The van der Waals surface area contributed by atoms with Gasteiger partial charge in [0.2, 0.25) is 0 Å². The zero-order valence-electron chi connectivity index (χ0n) is 10.9. The number of alkyl halides is 1. The molecular weight excluding hydrogens is 276 g/mol. The Morgan fingerprint density at radius 1 is 1.12 bits per heavy atom. The number of hydrogen-bond donors (Lipinski definition) is 0. The molecule has 0 aliphatic heterocycles. The fraction of sp³-hybridized carbons (Fsp3) is 0.600. The van der Waals surface area contributed by atoms with Crippen LogP contribution >= 0.6 is 15.9 Å². The molecule has 0 aromatic heterocycles. The quantitative estimate of drug-likeness (QED) is 0.495. The lowest BCUT2D eigenvalue weighted by atomic mass is 9.82. The Morgan fingerprint density at radius 3 is 2.29 bits per heavy atom. The van der Waals surface area contributed by atoms with Crippen molar-refractivity contribution in [1.29, 1.82) is 0 Å². The minimum atomic E-state index is 0.413. The van der Waals surface area contributed by atoms with Crippen molar-refractivity contribution in [1.82, 2.24) is 0 Å². The number of ether oxygens (including phenoxy) is 1. The molecule has 0 amide bonds. The normalized spacial score (nSPS) is 11.7. The first-order valence-electron chi connectivity index (χ1n) is 6.44. The molecule has 0 saturated carbocycles. The number of benzene rings is 1. The molecule has 0 bridgehead atoms. The summed E-state index contributed by atoms with van der Waals surface area (Å²) in [4.78, 5) is 0. The highest BCUT2D eigenvalue weighted by atomic mass is 79.9. The van der Waals surface area contributed by atoms with Crippen LogP contribution in [0.1, 0.15) is 38.7 Å². The summed E-state index contributed by atoms with van der Waals surface area (Å²) in [6.45, 7) is 6.11. The molecule has 0 atom stereocenters. The average molecular weight is 299 g/mol. The van der Waals surface area contributed by atoms with Gasteiger partial charge < -0.3 is 4.74 Å². The van der Waals surface area contributed by atoms with Gasteiger partial charge in [0, 0.05) is 11.9 Å². The van der Waals surface area contributed by atoms with Gasteiger partial charge in [0.15, 0.2) is 0 Å². The second-order valence-corrected chi connectivity index (χ2v) is 5.19. The Hall–Kier alpha value is -0.340. The number of rotatable bonds is 8. The van der Waals surface area contributed by atoms with Crippen LogP contribution in [0.4, 0.5) is 0 Å². The third-order valence-electron chi connectivity index (χ3n) is 3.67. The van der Waals surface area contributed by atoms with E-state index in [9.17, 15) is 0 Å². The van der Waals surface area contributed by atoms with Crippen LogP contribution in [0.5, 0.6) is 0 Å². The summed E-state index contributed by atoms with van der Waals surface area (Å²) in [5.74, 6) is 0. The van der Waals surface area contributed by atoms with Crippen molar-refractivity contribution in [2.75, 3.05) is 11.9 Å². The van der Waals surface area contributed by atoms with Crippen molar-refractivity contribution in [3.8, 4) is 0 Å². The summed E-state index contributed by atoms with van der Waals surface area (Å²) in [7, 11) is 0. The van der Waals surface area contributed by atoms with Gasteiger partial charge in [-0.3, -0.25) is 0 Å². The van der Waals surface area contributed by atoms with Crippen molar-refractivity contribution in [3.63, 3.8) is 0 Å².